The van der Waals surface area contributed by atoms with Gasteiger partial charge >= 0.3 is 0 Å². The molecule has 0 atom stereocenters. The quantitative estimate of drug-likeness (QED) is 0.451. The molecular weight excluding hydrogens is 386 g/mol. The molecule has 3 N–H and O–H groups in total. The van der Waals surface area contributed by atoms with Crippen LogP contribution in [0.4, 0.5) is 11.4 Å². The molecule has 0 aliphatic carbocycles. The third-order valence-electron chi connectivity index (χ3n) is 3.80. The van der Waals surface area contributed by atoms with Gasteiger partial charge in [0.1, 0.15) is 0 Å². The first kappa shape index (κ1) is 21.3. The predicted molar refractivity (Wildman–Crippen MR) is 103 cm³/mol. The van der Waals surface area contributed by atoms with Crippen LogP contribution in [0.1, 0.15) is 19.4 Å². The van der Waals surface area contributed by atoms with Gasteiger partial charge < -0.3 is 10.4 Å². The third kappa shape index (κ3) is 5.51. The van der Waals surface area contributed by atoms with Gasteiger partial charge in [-0.3, -0.25) is 19.6 Å². The summed E-state index contributed by atoms with van der Waals surface area (Å²) in [5.41, 5.74) is -0.412. The molecule has 0 saturated heterocycles. The molecule has 1 amide bonds. The van der Waals surface area contributed by atoms with E-state index in [2.05, 4.69) is 10.0 Å². The van der Waals surface area contributed by atoms with Gasteiger partial charge in [0.05, 0.1) is 23.5 Å². The summed E-state index contributed by atoms with van der Waals surface area (Å²) in [6.07, 6.45) is 0.0562. The summed E-state index contributed by atoms with van der Waals surface area (Å²) in [7, 11) is -4.15. The zero-order chi connectivity index (χ0) is 20.9. The number of carbonyl (C=O) groups is 1. The number of aliphatic hydroxyl groups excluding tert-OH is 1. The molecule has 2 aromatic carbocycles. The molecule has 2 rings (SSSR count). The zero-order valence-corrected chi connectivity index (χ0v) is 16.2. The first-order chi connectivity index (χ1) is 13.0. The lowest BCUT2D eigenvalue weighted by Crippen LogP contribution is -2.46. The Kier molecular flexibility index (Phi) is 6.37. The summed E-state index contributed by atoms with van der Waals surface area (Å²) >= 11 is 0. The van der Waals surface area contributed by atoms with Crippen molar-refractivity contribution in [3.05, 3.63) is 64.2 Å². The van der Waals surface area contributed by atoms with Crippen LogP contribution < -0.4 is 10.0 Å². The van der Waals surface area contributed by atoms with Crippen molar-refractivity contribution in [1.29, 1.82) is 0 Å². The number of benzene rings is 2. The molecule has 2 aromatic rings. The molecule has 0 aliphatic rings. The number of hydrogen-bond acceptors (Lipinski definition) is 6. The molecular formula is C18H21N3O6S. The van der Waals surface area contributed by atoms with E-state index in [1.807, 2.05) is 0 Å². The number of hydrogen-bond donors (Lipinski definition) is 3. The highest BCUT2D eigenvalue weighted by Crippen LogP contribution is 2.25. The van der Waals surface area contributed by atoms with Crippen molar-refractivity contribution < 1.29 is 23.2 Å². The van der Waals surface area contributed by atoms with Crippen molar-refractivity contribution in [1.82, 2.24) is 5.32 Å². The number of rotatable bonds is 8. The van der Waals surface area contributed by atoms with Gasteiger partial charge in [0, 0.05) is 11.8 Å². The summed E-state index contributed by atoms with van der Waals surface area (Å²) in [6, 6.07) is 11.1. The number of amides is 1. The van der Waals surface area contributed by atoms with E-state index in [9.17, 15) is 28.4 Å². The van der Waals surface area contributed by atoms with Gasteiger partial charge in [-0.2, -0.15) is 0 Å². The Balaban J connectivity index is 2.12. The van der Waals surface area contributed by atoms with E-state index < -0.39 is 31.1 Å². The topological polar surface area (TPSA) is 139 Å². The molecule has 0 heterocycles. The summed E-state index contributed by atoms with van der Waals surface area (Å²) in [4.78, 5) is 21.8. The van der Waals surface area contributed by atoms with E-state index in [-0.39, 0.29) is 24.6 Å². The van der Waals surface area contributed by atoms with Crippen LogP contribution in [0.5, 0.6) is 0 Å². The lowest BCUT2D eigenvalue weighted by Gasteiger charge is -2.23. The van der Waals surface area contributed by atoms with E-state index in [0.29, 0.717) is 5.56 Å². The van der Waals surface area contributed by atoms with Gasteiger partial charge in [0.15, 0.2) is 4.90 Å². The maximum Gasteiger partial charge on any atom is 0.289 e. The molecule has 0 unspecified atom stereocenters. The monoisotopic (exact) mass is 407 g/mol. The maximum atomic E-state index is 12.5. The smallest absolute Gasteiger partial charge is 0.289 e. The first-order valence-corrected chi connectivity index (χ1v) is 9.79. The second kappa shape index (κ2) is 8.36. The Morgan fingerprint density at radius 1 is 1.14 bits per heavy atom. The highest BCUT2D eigenvalue weighted by molar-refractivity contribution is 7.92. The predicted octanol–water partition coefficient (Wildman–Crippen LogP) is 1.83. The number of sulfonamides is 1. The fraction of sp³-hybridized carbons (Fsp3) is 0.278. The van der Waals surface area contributed by atoms with Crippen molar-refractivity contribution in [3.8, 4) is 0 Å². The molecule has 0 aromatic heterocycles. The Morgan fingerprint density at radius 2 is 1.75 bits per heavy atom. The van der Waals surface area contributed by atoms with E-state index in [0.717, 1.165) is 12.1 Å². The van der Waals surface area contributed by atoms with Crippen molar-refractivity contribution in [2.75, 3.05) is 11.3 Å². The first-order valence-electron chi connectivity index (χ1n) is 8.31. The third-order valence-corrected chi connectivity index (χ3v) is 5.22. The van der Waals surface area contributed by atoms with Crippen molar-refractivity contribution in [2.45, 2.75) is 30.7 Å². The molecule has 0 spiro atoms. The Morgan fingerprint density at radius 3 is 2.32 bits per heavy atom. The number of nitrogens with zero attached hydrogens (tertiary/aromatic N) is 1. The highest BCUT2D eigenvalue weighted by atomic mass is 32.2. The zero-order valence-electron chi connectivity index (χ0n) is 15.4. The van der Waals surface area contributed by atoms with Crippen LogP contribution in [0.25, 0.3) is 0 Å². The fourth-order valence-corrected chi connectivity index (χ4v) is 3.61. The standard InChI is InChI=1S/C18H21N3O6S/c1-18(2,12-22)19-17(23)11-13-7-9-14(10-8-13)20-28(26,27)16-6-4-3-5-15(16)21(24)25/h3-10,20,22H,11-12H2,1-2H3,(H,19,23). The Hall–Kier alpha value is -2.98. The minimum Gasteiger partial charge on any atom is -0.394 e. The maximum absolute atomic E-state index is 12.5. The van der Waals surface area contributed by atoms with E-state index in [4.69, 9.17) is 0 Å². The van der Waals surface area contributed by atoms with E-state index >= 15 is 0 Å². The number of nitro benzene ring substituents is 1. The van der Waals surface area contributed by atoms with Crippen LogP contribution >= 0.6 is 0 Å². The van der Waals surface area contributed by atoms with Crippen molar-refractivity contribution in [2.24, 2.45) is 0 Å². The average molecular weight is 407 g/mol. The number of anilines is 1. The summed E-state index contributed by atoms with van der Waals surface area (Å²) in [6.45, 7) is 3.17. The summed E-state index contributed by atoms with van der Waals surface area (Å²) in [5.74, 6) is -0.285. The number of aliphatic hydroxyl groups is 1. The SMILES string of the molecule is CC(C)(CO)NC(=O)Cc1ccc(NS(=O)(=O)c2ccccc2[N+](=O)[O-])cc1. The Labute approximate surface area is 162 Å². The molecule has 0 bridgehead atoms. The largest absolute Gasteiger partial charge is 0.394 e. The van der Waals surface area contributed by atoms with Crippen LogP contribution in [-0.2, 0) is 21.2 Å². The van der Waals surface area contributed by atoms with Crippen LogP contribution in [0, 0.1) is 10.1 Å². The van der Waals surface area contributed by atoms with Crippen molar-refractivity contribution >= 4 is 27.3 Å². The molecule has 0 fully saturated rings. The minimum absolute atomic E-state index is 0.0562. The Bertz CT molecular complexity index is 971. The average Bonchev–Trinajstić information content (AvgIpc) is 2.62. The van der Waals surface area contributed by atoms with Crippen molar-refractivity contribution in [3.63, 3.8) is 0 Å². The molecule has 0 radical (unpaired) electrons. The molecule has 150 valence electrons. The number of nitro groups is 1. The highest BCUT2D eigenvalue weighted by Gasteiger charge is 2.25. The lowest BCUT2D eigenvalue weighted by molar-refractivity contribution is -0.387. The molecule has 28 heavy (non-hydrogen) atoms. The molecule has 9 nitrogen and oxygen atoms in total. The second-order valence-corrected chi connectivity index (χ2v) is 8.45. The van der Waals surface area contributed by atoms with Crippen LogP contribution in [0.2, 0.25) is 0 Å². The summed E-state index contributed by atoms with van der Waals surface area (Å²) in [5, 5.41) is 22.9. The molecule has 10 heteroatoms. The minimum atomic E-state index is -4.15. The number of para-hydroxylation sites is 1. The van der Waals surface area contributed by atoms with Gasteiger partial charge in [-0.15, -0.1) is 0 Å². The fourth-order valence-electron chi connectivity index (χ4n) is 2.38. The van der Waals surface area contributed by atoms with Gasteiger partial charge in [0.2, 0.25) is 5.91 Å². The normalized spacial score (nSPS) is 11.7. The van der Waals surface area contributed by atoms with E-state index in [1.54, 1.807) is 26.0 Å². The molecule has 0 aliphatic heterocycles. The van der Waals surface area contributed by atoms with E-state index in [1.165, 1.54) is 24.3 Å². The number of carbonyl (C=O) groups excluding carboxylic acids is 1. The van der Waals surface area contributed by atoms with Crippen LogP contribution in [-0.4, -0.2) is 36.5 Å². The lowest BCUT2D eigenvalue weighted by atomic mass is 10.1. The van der Waals surface area contributed by atoms with Gasteiger partial charge in [0.25, 0.3) is 15.7 Å². The molecule has 0 saturated carbocycles. The van der Waals surface area contributed by atoms with Gasteiger partial charge in [-0.1, -0.05) is 24.3 Å². The number of nitrogens with one attached hydrogen (secondary N) is 2. The van der Waals surface area contributed by atoms with Crippen LogP contribution in [0.3, 0.4) is 0 Å². The van der Waals surface area contributed by atoms with Gasteiger partial charge in [-0.05, 0) is 37.6 Å². The van der Waals surface area contributed by atoms with Crippen LogP contribution in [0.15, 0.2) is 53.4 Å². The summed E-state index contributed by atoms with van der Waals surface area (Å²) < 4.78 is 27.2. The van der Waals surface area contributed by atoms with Gasteiger partial charge in [-0.25, -0.2) is 8.42 Å². The second-order valence-electron chi connectivity index (χ2n) is 6.79.